The minimum absolute atomic E-state index is 0.611. The number of fused-ring (bicyclic) bond motifs is 1. The van der Waals surface area contributed by atoms with Crippen molar-refractivity contribution >= 4 is 28.9 Å². The molecule has 0 N–H and O–H groups in total. The van der Waals surface area contributed by atoms with Crippen molar-refractivity contribution in [1.82, 2.24) is 0 Å². The molecule has 3 heteroatoms. The van der Waals surface area contributed by atoms with Gasteiger partial charge in [0.25, 0.3) is 0 Å². The highest BCUT2D eigenvalue weighted by Crippen LogP contribution is 2.36. The van der Waals surface area contributed by atoms with Crippen molar-refractivity contribution in [2.75, 3.05) is 4.90 Å². The van der Waals surface area contributed by atoms with Gasteiger partial charge >= 0.3 is 0 Å². The van der Waals surface area contributed by atoms with Crippen molar-refractivity contribution in [2.45, 2.75) is 13.1 Å². The first-order valence-corrected chi connectivity index (χ1v) is 6.27. The van der Waals surface area contributed by atoms with Gasteiger partial charge < -0.3 is 4.90 Å². The summed E-state index contributed by atoms with van der Waals surface area (Å²) in [4.78, 5) is 2.25. The Bertz CT molecular complexity index is 541. The van der Waals surface area contributed by atoms with Gasteiger partial charge in [0, 0.05) is 13.1 Å². The smallest absolute Gasteiger partial charge is 0.0825 e. The van der Waals surface area contributed by atoms with Gasteiger partial charge in [0.2, 0.25) is 0 Å². The molecule has 0 spiro atoms. The lowest BCUT2D eigenvalue weighted by Gasteiger charge is -2.19. The quantitative estimate of drug-likeness (QED) is 0.732. The lowest BCUT2D eigenvalue weighted by molar-refractivity contribution is 0.881. The molecule has 2 aromatic rings. The maximum Gasteiger partial charge on any atom is 0.0825 e. The van der Waals surface area contributed by atoms with Gasteiger partial charge in [-0.1, -0.05) is 53.5 Å². The first-order valence-electron chi connectivity index (χ1n) is 5.51. The molecule has 0 aliphatic carbocycles. The van der Waals surface area contributed by atoms with Gasteiger partial charge in [-0.3, -0.25) is 0 Å². The predicted molar refractivity (Wildman–Crippen MR) is 72.8 cm³/mol. The number of nitrogens with zero attached hydrogens (tertiary/aromatic N) is 1. The SMILES string of the molecule is Clc1cccc(N2Cc3ccccc3C2)c1Cl. The Morgan fingerprint density at radius 2 is 1.47 bits per heavy atom. The van der Waals surface area contributed by atoms with E-state index in [4.69, 9.17) is 23.2 Å². The van der Waals surface area contributed by atoms with E-state index in [0.29, 0.717) is 10.0 Å². The second-order valence-corrected chi connectivity index (χ2v) is 4.98. The molecule has 86 valence electrons. The van der Waals surface area contributed by atoms with Crippen LogP contribution in [0.2, 0.25) is 10.0 Å². The molecule has 0 saturated carbocycles. The first kappa shape index (κ1) is 10.9. The van der Waals surface area contributed by atoms with Crippen molar-refractivity contribution in [3.8, 4) is 0 Å². The molecule has 1 heterocycles. The molecule has 3 rings (SSSR count). The standard InChI is InChI=1S/C14H11Cl2N/c15-12-6-3-7-13(14(12)16)17-8-10-4-1-2-5-11(10)9-17/h1-7H,8-9H2. The molecule has 1 aliphatic rings. The minimum atomic E-state index is 0.611. The summed E-state index contributed by atoms with van der Waals surface area (Å²) in [6, 6.07) is 14.2. The van der Waals surface area contributed by atoms with Gasteiger partial charge in [-0.25, -0.2) is 0 Å². The monoisotopic (exact) mass is 263 g/mol. The zero-order valence-corrected chi connectivity index (χ0v) is 10.7. The Hall–Kier alpha value is -1.18. The summed E-state index contributed by atoms with van der Waals surface area (Å²) in [6.45, 7) is 1.80. The fraction of sp³-hybridized carbons (Fsp3) is 0.143. The maximum absolute atomic E-state index is 6.24. The highest BCUT2D eigenvalue weighted by atomic mass is 35.5. The van der Waals surface area contributed by atoms with Crippen LogP contribution in [0.3, 0.4) is 0 Å². The number of hydrogen-bond acceptors (Lipinski definition) is 1. The Labute approximate surface area is 111 Å². The topological polar surface area (TPSA) is 3.24 Å². The highest BCUT2D eigenvalue weighted by molar-refractivity contribution is 6.43. The molecule has 0 amide bonds. The summed E-state index contributed by atoms with van der Waals surface area (Å²) < 4.78 is 0. The molecule has 1 aliphatic heterocycles. The number of halogens is 2. The van der Waals surface area contributed by atoms with E-state index in [0.717, 1.165) is 18.8 Å². The summed E-state index contributed by atoms with van der Waals surface area (Å²) in [7, 11) is 0. The van der Waals surface area contributed by atoms with Gasteiger partial charge in [-0.2, -0.15) is 0 Å². The van der Waals surface area contributed by atoms with Crippen molar-refractivity contribution in [2.24, 2.45) is 0 Å². The van der Waals surface area contributed by atoms with E-state index in [1.54, 1.807) is 0 Å². The predicted octanol–water partition coefficient (Wildman–Crippen LogP) is 4.51. The minimum Gasteiger partial charge on any atom is -0.362 e. The number of hydrogen-bond donors (Lipinski definition) is 0. The molecule has 0 fully saturated rings. The largest absolute Gasteiger partial charge is 0.362 e. The zero-order valence-electron chi connectivity index (χ0n) is 9.16. The van der Waals surface area contributed by atoms with Gasteiger partial charge in [-0.05, 0) is 23.3 Å². The van der Waals surface area contributed by atoms with Crippen LogP contribution in [0.25, 0.3) is 0 Å². The first-order chi connectivity index (χ1) is 8.25. The van der Waals surface area contributed by atoms with Crippen molar-refractivity contribution in [3.63, 3.8) is 0 Å². The van der Waals surface area contributed by atoms with Gasteiger partial charge in [-0.15, -0.1) is 0 Å². The molecular formula is C14H11Cl2N. The molecule has 0 atom stereocenters. The van der Waals surface area contributed by atoms with Crippen molar-refractivity contribution in [3.05, 3.63) is 63.6 Å². The van der Waals surface area contributed by atoms with E-state index in [-0.39, 0.29) is 0 Å². The van der Waals surface area contributed by atoms with E-state index < -0.39 is 0 Å². The zero-order chi connectivity index (χ0) is 11.8. The van der Waals surface area contributed by atoms with Crippen LogP contribution in [-0.2, 0) is 13.1 Å². The Balaban J connectivity index is 1.97. The molecule has 0 radical (unpaired) electrons. The van der Waals surface area contributed by atoms with Crippen LogP contribution in [0, 0.1) is 0 Å². The molecular weight excluding hydrogens is 253 g/mol. The summed E-state index contributed by atoms with van der Waals surface area (Å²) in [6.07, 6.45) is 0. The van der Waals surface area contributed by atoms with Crippen molar-refractivity contribution < 1.29 is 0 Å². The molecule has 2 aromatic carbocycles. The van der Waals surface area contributed by atoms with Gasteiger partial charge in [0.15, 0.2) is 0 Å². The van der Waals surface area contributed by atoms with E-state index >= 15 is 0 Å². The summed E-state index contributed by atoms with van der Waals surface area (Å²) in [5, 5.41) is 1.25. The van der Waals surface area contributed by atoms with Crippen LogP contribution in [-0.4, -0.2) is 0 Å². The van der Waals surface area contributed by atoms with Crippen LogP contribution >= 0.6 is 23.2 Å². The molecule has 1 nitrogen and oxygen atoms in total. The average Bonchev–Trinajstić information content (AvgIpc) is 2.76. The molecule has 0 bridgehead atoms. The fourth-order valence-corrected chi connectivity index (χ4v) is 2.66. The van der Waals surface area contributed by atoms with Gasteiger partial charge in [0.05, 0.1) is 15.7 Å². The van der Waals surface area contributed by atoms with Crippen LogP contribution in [0.1, 0.15) is 11.1 Å². The van der Waals surface area contributed by atoms with Crippen LogP contribution < -0.4 is 4.90 Å². The third-order valence-electron chi connectivity index (χ3n) is 3.11. The normalized spacial score (nSPS) is 13.9. The highest BCUT2D eigenvalue weighted by Gasteiger charge is 2.20. The van der Waals surface area contributed by atoms with E-state index in [1.165, 1.54) is 11.1 Å². The third-order valence-corrected chi connectivity index (χ3v) is 3.92. The average molecular weight is 264 g/mol. The van der Waals surface area contributed by atoms with E-state index in [9.17, 15) is 0 Å². The molecule has 0 saturated heterocycles. The number of rotatable bonds is 1. The molecule has 0 unspecified atom stereocenters. The summed E-state index contributed by atoms with van der Waals surface area (Å²) in [5.74, 6) is 0. The maximum atomic E-state index is 6.24. The Morgan fingerprint density at radius 3 is 2.12 bits per heavy atom. The number of benzene rings is 2. The lowest BCUT2D eigenvalue weighted by Crippen LogP contribution is -2.14. The van der Waals surface area contributed by atoms with Crippen LogP contribution in [0.15, 0.2) is 42.5 Å². The van der Waals surface area contributed by atoms with Crippen molar-refractivity contribution in [1.29, 1.82) is 0 Å². The van der Waals surface area contributed by atoms with Crippen LogP contribution in [0.5, 0.6) is 0 Å². The molecule has 17 heavy (non-hydrogen) atoms. The van der Waals surface area contributed by atoms with E-state index in [2.05, 4.69) is 29.2 Å². The van der Waals surface area contributed by atoms with E-state index in [1.807, 2.05) is 18.2 Å². The molecule has 0 aromatic heterocycles. The third kappa shape index (κ3) is 1.90. The second kappa shape index (κ2) is 4.25. The Kier molecular flexibility index (Phi) is 2.73. The second-order valence-electron chi connectivity index (χ2n) is 4.20. The summed E-state index contributed by atoms with van der Waals surface area (Å²) in [5.41, 5.74) is 3.74. The van der Waals surface area contributed by atoms with Gasteiger partial charge in [0.1, 0.15) is 0 Å². The Morgan fingerprint density at radius 1 is 0.824 bits per heavy atom. The number of anilines is 1. The van der Waals surface area contributed by atoms with Crippen LogP contribution in [0.4, 0.5) is 5.69 Å². The summed E-state index contributed by atoms with van der Waals surface area (Å²) >= 11 is 12.3. The fourth-order valence-electron chi connectivity index (χ4n) is 2.24. The lowest BCUT2D eigenvalue weighted by atomic mass is 10.1.